The highest BCUT2D eigenvalue weighted by atomic mass is 19.1. The van der Waals surface area contributed by atoms with Gasteiger partial charge in [0.25, 0.3) is 0 Å². The van der Waals surface area contributed by atoms with Crippen LogP contribution in [0.3, 0.4) is 0 Å². The van der Waals surface area contributed by atoms with Crippen molar-refractivity contribution in [2.24, 2.45) is 5.92 Å². The Balaban J connectivity index is 1.92. The van der Waals surface area contributed by atoms with Crippen LogP contribution in [-0.4, -0.2) is 16.7 Å². The summed E-state index contributed by atoms with van der Waals surface area (Å²) in [5.41, 5.74) is 0.373. The first-order valence-corrected chi connectivity index (χ1v) is 6.07. The molecular weight excluding hydrogens is 233 g/mol. The monoisotopic (exact) mass is 247 g/mol. The van der Waals surface area contributed by atoms with E-state index in [0.29, 0.717) is 23.2 Å². The van der Waals surface area contributed by atoms with E-state index in [9.17, 15) is 4.39 Å². The largest absolute Gasteiger partial charge is 0.337 e. The lowest BCUT2D eigenvalue weighted by molar-refractivity contribution is 0.319. The Labute approximate surface area is 104 Å². The molecule has 5 heteroatoms. The number of aromatic nitrogens is 2. The summed E-state index contributed by atoms with van der Waals surface area (Å²) >= 11 is 0. The van der Waals surface area contributed by atoms with Crippen molar-refractivity contribution in [3.8, 4) is 11.4 Å². The minimum atomic E-state index is -0.336. The third-order valence-electron chi connectivity index (χ3n) is 3.36. The van der Waals surface area contributed by atoms with E-state index in [1.54, 1.807) is 18.2 Å². The second kappa shape index (κ2) is 4.49. The van der Waals surface area contributed by atoms with Gasteiger partial charge in [-0.3, -0.25) is 0 Å². The Bertz CT molecular complexity index is 555. The number of hydrogen-bond donors (Lipinski definition) is 1. The number of benzene rings is 1. The zero-order valence-electron chi connectivity index (χ0n) is 10.1. The van der Waals surface area contributed by atoms with Crippen molar-refractivity contribution < 1.29 is 8.91 Å². The van der Waals surface area contributed by atoms with Crippen molar-refractivity contribution in [2.75, 3.05) is 6.54 Å². The quantitative estimate of drug-likeness (QED) is 0.886. The van der Waals surface area contributed by atoms with Gasteiger partial charge in [0, 0.05) is 0 Å². The molecule has 0 radical (unpaired) electrons. The topological polar surface area (TPSA) is 51.0 Å². The standard InChI is InChI=1S/C13H14FN3O/c1-8-6-7-15-11(8)13-16-12(17-18-13)9-4-2-3-5-10(9)14/h2-5,8,11,15H,6-7H2,1H3. The van der Waals surface area contributed by atoms with E-state index in [4.69, 9.17) is 4.52 Å². The van der Waals surface area contributed by atoms with Gasteiger partial charge in [0.05, 0.1) is 11.6 Å². The number of rotatable bonds is 2. The highest BCUT2D eigenvalue weighted by Gasteiger charge is 2.29. The Kier molecular flexibility index (Phi) is 2.83. The Morgan fingerprint density at radius 3 is 2.94 bits per heavy atom. The molecule has 3 rings (SSSR count). The van der Waals surface area contributed by atoms with Gasteiger partial charge >= 0.3 is 0 Å². The van der Waals surface area contributed by atoms with Gasteiger partial charge in [-0.2, -0.15) is 4.98 Å². The van der Waals surface area contributed by atoms with Crippen LogP contribution in [-0.2, 0) is 0 Å². The van der Waals surface area contributed by atoms with Crippen LogP contribution in [0.5, 0.6) is 0 Å². The maximum absolute atomic E-state index is 13.6. The molecule has 4 nitrogen and oxygen atoms in total. The SMILES string of the molecule is CC1CCNC1c1nc(-c2ccccc2F)no1. The summed E-state index contributed by atoms with van der Waals surface area (Å²) in [4.78, 5) is 4.29. The lowest BCUT2D eigenvalue weighted by Gasteiger charge is -2.09. The van der Waals surface area contributed by atoms with E-state index in [-0.39, 0.29) is 11.9 Å². The van der Waals surface area contributed by atoms with E-state index in [0.717, 1.165) is 13.0 Å². The normalized spacial score (nSPS) is 23.4. The van der Waals surface area contributed by atoms with Crippen LogP contribution in [0.1, 0.15) is 25.3 Å². The van der Waals surface area contributed by atoms with Gasteiger partial charge in [-0.1, -0.05) is 24.2 Å². The maximum Gasteiger partial charge on any atom is 0.244 e. The first-order chi connectivity index (χ1) is 8.75. The number of halogens is 1. The zero-order valence-corrected chi connectivity index (χ0v) is 10.1. The summed E-state index contributed by atoms with van der Waals surface area (Å²) in [5, 5.41) is 7.17. The molecule has 0 saturated carbocycles. The highest BCUT2D eigenvalue weighted by molar-refractivity contribution is 5.54. The van der Waals surface area contributed by atoms with Crippen molar-refractivity contribution >= 4 is 0 Å². The van der Waals surface area contributed by atoms with Gasteiger partial charge in [-0.25, -0.2) is 4.39 Å². The molecule has 1 aromatic heterocycles. The van der Waals surface area contributed by atoms with Crippen molar-refractivity contribution in [3.63, 3.8) is 0 Å². The first-order valence-electron chi connectivity index (χ1n) is 6.07. The summed E-state index contributed by atoms with van der Waals surface area (Å²) in [6.45, 7) is 3.08. The van der Waals surface area contributed by atoms with Gasteiger partial charge in [0.1, 0.15) is 5.82 Å². The van der Waals surface area contributed by atoms with E-state index >= 15 is 0 Å². The van der Waals surface area contributed by atoms with Crippen LogP contribution in [0.2, 0.25) is 0 Å². The molecule has 0 amide bonds. The van der Waals surface area contributed by atoms with Crippen LogP contribution >= 0.6 is 0 Å². The van der Waals surface area contributed by atoms with Crippen molar-refractivity contribution in [1.82, 2.24) is 15.5 Å². The Morgan fingerprint density at radius 2 is 2.22 bits per heavy atom. The molecule has 94 valence electrons. The minimum Gasteiger partial charge on any atom is -0.337 e. The molecule has 1 aromatic carbocycles. The van der Waals surface area contributed by atoms with Crippen molar-refractivity contribution in [2.45, 2.75) is 19.4 Å². The number of nitrogens with one attached hydrogen (secondary N) is 1. The lowest BCUT2D eigenvalue weighted by Crippen LogP contribution is -2.16. The second-order valence-electron chi connectivity index (χ2n) is 4.63. The summed E-state index contributed by atoms with van der Waals surface area (Å²) in [6.07, 6.45) is 1.09. The molecule has 1 aliphatic rings. The summed E-state index contributed by atoms with van der Waals surface area (Å²) in [5.74, 6) is 0.971. The third kappa shape index (κ3) is 1.90. The lowest BCUT2D eigenvalue weighted by atomic mass is 10.0. The van der Waals surface area contributed by atoms with Crippen LogP contribution in [0.4, 0.5) is 4.39 Å². The average Bonchev–Trinajstić information content (AvgIpc) is 2.98. The van der Waals surface area contributed by atoms with Gasteiger partial charge < -0.3 is 9.84 Å². The molecular formula is C13H14FN3O. The molecule has 0 aliphatic carbocycles. The molecule has 1 fully saturated rings. The van der Waals surface area contributed by atoms with Gasteiger partial charge in [0.15, 0.2) is 0 Å². The molecule has 2 unspecified atom stereocenters. The predicted molar refractivity (Wildman–Crippen MR) is 64.2 cm³/mol. The van der Waals surface area contributed by atoms with E-state index in [1.165, 1.54) is 6.07 Å². The smallest absolute Gasteiger partial charge is 0.244 e. The average molecular weight is 247 g/mol. The minimum absolute atomic E-state index is 0.0815. The van der Waals surface area contributed by atoms with Crippen molar-refractivity contribution in [3.05, 3.63) is 36.0 Å². The summed E-state index contributed by atoms with van der Waals surface area (Å²) < 4.78 is 18.8. The fourth-order valence-corrected chi connectivity index (χ4v) is 2.28. The molecule has 0 bridgehead atoms. The molecule has 1 saturated heterocycles. The Morgan fingerprint density at radius 1 is 1.39 bits per heavy atom. The molecule has 0 spiro atoms. The van der Waals surface area contributed by atoms with Crippen LogP contribution < -0.4 is 5.32 Å². The predicted octanol–water partition coefficient (Wildman–Crippen LogP) is 2.55. The van der Waals surface area contributed by atoms with E-state index in [2.05, 4.69) is 22.4 Å². The molecule has 2 heterocycles. The van der Waals surface area contributed by atoms with Gasteiger partial charge in [-0.15, -0.1) is 0 Å². The molecule has 2 atom stereocenters. The van der Waals surface area contributed by atoms with E-state index < -0.39 is 0 Å². The van der Waals surface area contributed by atoms with Gasteiger partial charge in [-0.05, 0) is 31.0 Å². The maximum atomic E-state index is 13.6. The second-order valence-corrected chi connectivity index (χ2v) is 4.63. The zero-order chi connectivity index (χ0) is 12.5. The van der Waals surface area contributed by atoms with Gasteiger partial charge in [0.2, 0.25) is 11.7 Å². The molecule has 2 aromatic rings. The first kappa shape index (κ1) is 11.3. The van der Waals surface area contributed by atoms with Crippen LogP contribution in [0, 0.1) is 11.7 Å². The molecule has 1 N–H and O–H groups in total. The number of nitrogens with zero attached hydrogens (tertiary/aromatic N) is 2. The molecule has 18 heavy (non-hydrogen) atoms. The molecule has 1 aliphatic heterocycles. The van der Waals surface area contributed by atoms with Crippen molar-refractivity contribution in [1.29, 1.82) is 0 Å². The van der Waals surface area contributed by atoms with Crippen LogP contribution in [0.25, 0.3) is 11.4 Å². The third-order valence-corrected chi connectivity index (χ3v) is 3.36. The number of hydrogen-bond acceptors (Lipinski definition) is 4. The van der Waals surface area contributed by atoms with Crippen LogP contribution in [0.15, 0.2) is 28.8 Å². The fourth-order valence-electron chi connectivity index (χ4n) is 2.28. The summed E-state index contributed by atoms with van der Waals surface area (Å²) in [6, 6.07) is 6.51. The Hall–Kier alpha value is -1.75. The summed E-state index contributed by atoms with van der Waals surface area (Å²) in [7, 11) is 0. The highest BCUT2D eigenvalue weighted by Crippen LogP contribution is 2.29. The fraction of sp³-hybridized carbons (Fsp3) is 0.385. The van der Waals surface area contributed by atoms with E-state index in [1.807, 2.05) is 0 Å².